The number of aliphatic hydroxyl groups excluding tert-OH is 1. The fourth-order valence-corrected chi connectivity index (χ4v) is 4.39. The van der Waals surface area contributed by atoms with E-state index in [1.165, 1.54) is 0 Å². The van der Waals surface area contributed by atoms with Crippen LogP contribution in [0.5, 0.6) is 0 Å². The van der Waals surface area contributed by atoms with Crippen molar-refractivity contribution in [3.05, 3.63) is 47.6 Å². The highest BCUT2D eigenvalue weighted by Gasteiger charge is 2.19. The van der Waals surface area contributed by atoms with Crippen LogP contribution < -0.4 is 4.90 Å². The molecule has 0 spiro atoms. The number of ether oxygens (including phenoxy) is 1. The van der Waals surface area contributed by atoms with Crippen LogP contribution in [0.3, 0.4) is 0 Å². The first-order valence-corrected chi connectivity index (χ1v) is 9.97. The lowest BCUT2D eigenvalue weighted by atomic mass is 10.1. The number of rotatable bonds is 4. The molecule has 4 aromatic rings. The van der Waals surface area contributed by atoms with Crippen molar-refractivity contribution < 1.29 is 9.84 Å². The summed E-state index contributed by atoms with van der Waals surface area (Å²) in [6.07, 6.45) is 3.52. The molecule has 1 aliphatic heterocycles. The first kappa shape index (κ1) is 17.3. The molecule has 142 valence electrons. The van der Waals surface area contributed by atoms with Gasteiger partial charge in [-0.3, -0.25) is 10.1 Å². The molecular formula is C20H19N5O2S. The SMILES string of the molecule is OCc1ccc(-c2cc(N3CCOCC3)nc3c(-c4ccn[nH]4)nccc23)s1. The molecule has 1 fully saturated rings. The molecule has 8 heteroatoms. The Balaban J connectivity index is 1.75. The minimum atomic E-state index is 0.0466. The van der Waals surface area contributed by atoms with Gasteiger partial charge in [-0.25, -0.2) is 4.98 Å². The van der Waals surface area contributed by atoms with Gasteiger partial charge in [0.15, 0.2) is 0 Å². The van der Waals surface area contributed by atoms with Crippen LogP contribution >= 0.6 is 11.3 Å². The van der Waals surface area contributed by atoms with Crippen molar-refractivity contribution in [2.45, 2.75) is 6.61 Å². The minimum Gasteiger partial charge on any atom is -0.391 e. The molecular weight excluding hydrogens is 374 g/mol. The van der Waals surface area contributed by atoms with Crippen molar-refractivity contribution in [3.8, 4) is 21.8 Å². The van der Waals surface area contributed by atoms with Gasteiger partial charge >= 0.3 is 0 Å². The van der Waals surface area contributed by atoms with E-state index < -0.39 is 0 Å². The van der Waals surface area contributed by atoms with Crippen molar-refractivity contribution in [1.82, 2.24) is 20.2 Å². The van der Waals surface area contributed by atoms with Crippen LogP contribution in [0.25, 0.3) is 32.7 Å². The summed E-state index contributed by atoms with van der Waals surface area (Å²) >= 11 is 1.60. The molecule has 0 amide bonds. The second-order valence-corrected chi connectivity index (χ2v) is 7.75. The third-order valence-electron chi connectivity index (χ3n) is 4.89. The molecule has 0 atom stereocenters. The molecule has 5 rings (SSSR count). The predicted octanol–water partition coefficient (Wildman–Crippen LogP) is 3.08. The molecule has 0 unspecified atom stereocenters. The minimum absolute atomic E-state index is 0.0466. The Morgan fingerprint density at radius 1 is 1.14 bits per heavy atom. The number of H-pyrrole nitrogens is 1. The molecule has 0 radical (unpaired) electrons. The standard InChI is InChI=1S/C20H19N5O2S/c26-12-13-1-2-17(28-13)15-11-18(25-7-9-27-10-8-25)23-19-14(15)3-5-21-20(19)16-4-6-22-24-16/h1-6,11,26H,7-10,12H2,(H,22,24). The number of aliphatic hydroxyl groups is 1. The molecule has 0 aliphatic carbocycles. The molecule has 0 bridgehead atoms. The Bertz CT molecular complexity index is 1100. The zero-order valence-electron chi connectivity index (χ0n) is 15.1. The average molecular weight is 393 g/mol. The zero-order chi connectivity index (χ0) is 18.9. The number of fused-ring (bicyclic) bond motifs is 1. The highest BCUT2D eigenvalue weighted by Crippen LogP contribution is 2.38. The summed E-state index contributed by atoms with van der Waals surface area (Å²) in [6, 6.07) is 10.1. The lowest BCUT2D eigenvalue weighted by Gasteiger charge is -2.28. The molecule has 5 heterocycles. The first-order chi connectivity index (χ1) is 13.8. The summed E-state index contributed by atoms with van der Waals surface area (Å²) in [5.41, 5.74) is 3.56. The molecule has 7 nitrogen and oxygen atoms in total. The maximum absolute atomic E-state index is 9.49. The molecule has 2 N–H and O–H groups in total. The highest BCUT2D eigenvalue weighted by molar-refractivity contribution is 7.15. The molecule has 4 aromatic heterocycles. The fraction of sp³-hybridized carbons (Fsp3) is 0.250. The maximum Gasteiger partial charge on any atom is 0.130 e. The number of hydrogen-bond donors (Lipinski definition) is 2. The van der Waals surface area contributed by atoms with Gasteiger partial charge in [0.2, 0.25) is 0 Å². The van der Waals surface area contributed by atoms with E-state index in [1.54, 1.807) is 23.7 Å². The summed E-state index contributed by atoms with van der Waals surface area (Å²) in [7, 11) is 0. The van der Waals surface area contributed by atoms with Gasteiger partial charge in [-0.15, -0.1) is 11.3 Å². The number of anilines is 1. The van der Waals surface area contributed by atoms with Gasteiger partial charge in [0, 0.05) is 46.2 Å². The van der Waals surface area contributed by atoms with Gasteiger partial charge in [0.25, 0.3) is 0 Å². The van der Waals surface area contributed by atoms with Gasteiger partial charge in [0.05, 0.1) is 25.5 Å². The quantitative estimate of drug-likeness (QED) is 0.554. The number of thiophene rings is 1. The molecule has 28 heavy (non-hydrogen) atoms. The largest absolute Gasteiger partial charge is 0.391 e. The van der Waals surface area contributed by atoms with Crippen LogP contribution in [-0.2, 0) is 11.3 Å². The van der Waals surface area contributed by atoms with Gasteiger partial charge in [-0.2, -0.15) is 5.10 Å². The van der Waals surface area contributed by atoms with Crippen LogP contribution in [0.2, 0.25) is 0 Å². The number of nitrogens with zero attached hydrogens (tertiary/aromatic N) is 4. The number of hydrogen-bond acceptors (Lipinski definition) is 7. The maximum atomic E-state index is 9.49. The first-order valence-electron chi connectivity index (χ1n) is 9.15. The van der Waals surface area contributed by atoms with E-state index in [9.17, 15) is 5.11 Å². The number of nitrogens with one attached hydrogen (secondary N) is 1. The highest BCUT2D eigenvalue weighted by atomic mass is 32.1. The topological polar surface area (TPSA) is 87.2 Å². The summed E-state index contributed by atoms with van der Waals surface area (Å²) < 4.78 is 5.50. The van der Waals surface area contributed by atoms with E-state index in [1.807, 2.05) is 18.2 Å². The van der Waals surface area contributed by atoms with Gasteiger partial charge in [-0.1, -0.05) is 0 Å². The van der Waals surface area contributed by atoms with Crippen molar-refractivity contribution in [2.75, 3.05) is 31.2 Å². The Morgan fingerprint density at radius 2 is 2.04 bits per heavy atom. The molecule has 0 aromatic carbocycles. The number of pyridine rings is 2. The fourth-order valence-electron chi connectivity index (χ4n) is 3.49. The van der Waals surface area contributed by atoms with Crippen LogP contribution in [0.1, 0.15) is 4.88 Å². The van der Waals surface area contributed by atoms with Gasteiger partial charge in [-0.05, 0) is 30.3 Å². The lowest BCUT2D eigenvalue weighted by molar-refractivity contribution is 0.122. The lowest BCUT2D eigenvalue weighted by Crippen LogP contribution is -2.36. The van der Waals surface area contributed by atoms with E-state index in [0.29, 0.717) is 13.2 Å². The monoisotopic (exact) mass is 393 g/mol. The second kappa shape index (κ2) is 7.31. The van der Waals surface area contributed by atoms with E-state index in [-0.39, 0.29) is 6.61 Å². The molecule has 1 saturated heterocycles. The van der Waals surface area contributed by atoms with E-state index in [0.717, 1.165) is 56.5 Å². The second-order valence-electron chi connectivity index (χ2n) is 6.58. The summed E-state index contributed by atoms with van der Waals surface area (Å²) in [5.74, 6) is 0.915. The third kappa shape index (κ3) is 3.05. The summed E-state index contributed by atoms with van der Waals surface area (Å²) in [6.45, 7) is 3.06. The Kier molecular flexibility index (Phi) is 4.52. The van der Waals surface area contributed by atoms with E-state index in [4.69, 9.17) is 9.72 Å². The number of aromatic nitrogens is 4. The normalized spacial score (nSPS) is 14.7. The van der Waals surface area contributed by atoms with Crippen molar-refractivity contribution in [3.63, 3.8) is 0 Å². The summed E-state index contributed by atoms with van der Waals surface area (Å²) in [4.78, 5) is 13.9. The zero-order valence-corrected chi connectivity index (χ0v) is 15.9. The van der Waals surface area contributed by atoms with Crippen molar-refractivity contribution >= 4 is 28.1 Å². The molecule has 0 saturated carbocycles. The predicted molar refractivity (Wildman–Crippen MR) is 109 cm³/mol. The molecule has 1 aliphatic rings. The van der Waals surface area contributed by atoms with Gasteiger partial charge in [0.1, 0.15) is 17.0 Å². The number of morpholine rings is 1. The van der Waals surface area contributed by atoms with Crippen molar-refractivity contribution in [2.24, 2.45) is 0 Å². The van der Waals surface area contributed by atoms with E-state index >= 15 is 0 Å². The Labute approximate surface area is 165 Å². The smallest absolute Gasteiger partial charge is 0.130 e. The Hall–Kier alpha value is -2.81. The van der Waals surface area contributed by atoms with Crippen LogP contribution in [0.4, 0.5) is 5.82 Å². The van der Waals surface area contributed by atoms with Crippen LogP contribution in [0.15, 0.2) is 42.7 Å². The van der Waals surface area contributed by atoms with Crippen LogP contribution in [-0.4, -0.2) is 51.6 Å². The van der Waals surface area contributed by atoms with E-state index in [2.05, 4.69) is 32.2 Å². The Morgan fingerprint density at radius 3 is 2.79 bits per heavy atom. The third-order valence-corrected chi connectivity index (χ3v) is 5.99. The summed E-state index contributed by atoms with van der Waals surface area (Å²) in [5, 5.41) is 17.6. The van der Waals surface area contributed by atoms with Gasteiger partial charge < -0.3 is 14.7 Å². The average Bonchev–Trinajstić information content (AvgIpc) is 3.45. The van der Waals surface area contributed by atoms with Crippen LogP contribution in [0, 0.1) is 0 Å². The number of aromatic amines is 1. The van der Waals surface area contributed by atoms with Crippen molar-refractivity contribution in [1.29, 1.82) is 0 Å².